The van der Waals surface area contributed by atoms with E-state index in [1.54, 1.807) is 24.3 Å². The number of rotatable bonds is 5. The highest BCUT2D eigenvalue weighted by Gasteiger charge is 2.24. The summed E-state index contributed by atoms with van der Waals surface area (Å²) in [7, 11) is 1.28. The van der Waals surface area contributed by atoms with Gasteiger partial charge in [-0.1, -0.05) is 51.8 Å². The first-order chi connectivity index (χ1) is 13.0. The molecule has 0 aliphatic rings. The predicted octanol–water partition coefficient (Wildman–Crippen LogP) is 4.16. The van der Waals surface area contributed by atoms with Gasteiger partial charge in [-0.25, -0.2) is 9.78 Å². The Bertz CT molecular complexity index is 1010. The highest BCUT2D eigenvalue weighted by Crippen LogP contribution is 2.23. The lowest BCUT2D eigenvalue weighted by atomic mass is 10.1. The average Bonchev–Trinajstić information content (AvgIpc) is 2.69. The van der Waals surface area contributed by atoms with E-state index in [2.05, 4.69) is 26.2 Å². The fraction of sp³-hybridized carbons (Fsp3) is 0.150. The lowest BCUT2D eigenvalue weighted by Gasteiger charge is -2.17. The van der Waals surface area contributed by atoms with Gasteiger partial charge in [-0.15, -0.1) is 0 Å². The van der Waals surface area contributed by atoms with Crippen LogP contribution in [0, 0.1) is 0 Å². The van der Waals surface area contributed by atoms with Crippen molar-refractivity contribution in [3.63, 3.8) is 0 Å². The number of fused-ring (bicyclic) bond motifs is 1. The number of pyridine rings is 1. The second-order valence-electron chi connectivity index (χ2n) is 5.88. The molecule has 0 radical (unpaired) electrons. The molecule has 0 aliphatic carbocycles. The van der Waals surface area contributed by atoms with Gasteiger partial charge in [0, 0.05) is 21.3 Å². The number of nitrogens with zero attached hydrogens (tertiary/aromatic N) is 1. The van der Waals surface area contributed by atoms with Crippen molar-refractivity contribution in [1.29, 1.82) is 0 Å². The number of methoxy groups -OCH3 is 1. The van der Waals surface area contributed by atoms with Crippen LogP contribution in [-0.4, -0.2) is 30.0 Å². The van der Waals surface area contributed by atoms with E-state index >= 15 is 0 Å². The first-order valence-electron chi connectivity index (χ1n) is 8.16. The Morgan fingerprint density at radius 1 is 1.19 bits per heavy atom. The number of esters is 1. The summed E-state index contributed by atoms with van der Waals surface area (Å²) in [6.07, 6.45) is 0.229. The summed E-state index contributed by atoms with van der Waals surface area (Å²) in [5, 5.41) is 4.18. The molecule has 0 saturated heterocycles. The van der Waals surface area contributed by atoms with Crippen LogP contribution in [0.2, 0.25) is 5.02 Å². The summed E-state index contributed by atoms with van der Waals surface area (Å²) in [4.78, 5) is 29.2. The van der Waals surface area contributed by atoms with Gasteiger partial charge in [0.15, 0.2) is 0 Å². The zero-order valence-corrected chi connectivity index (χ0v) is 16.8. The number of para-hydroxylation sites is 1. The third kappa shape index (κ3) is 4.64. The molecule has 1 atom stereocenters. The molecule has 0 unspecified atom stereocenters. The third-order valence-corrected chi connectivity index (χ3v) is 5.06. The van der Waals surface area contributed by atoms with Crippen LogP contribution in [0.1, 0.15) is 16.1 Å². The van der Waals surface area contributed by atoms with Crippen LogP contribution in [0.3, 0.4) is 0 Å². The SMILES string of the molecule is COC(=O)[C@H](Cc1cc(Cl)ccc1Br)NC(=O)c1ccc2ccccc2n1. The van der Waals surface area contributed by atoms with Crippen molar-refractivity contribution < 1.29 is 14.3 Å². The van der Waals surface area contributed by atoms with Gasteiger partial charge in [0.25, 0.3) is 5.91 Å². The molecule has 0 saturated carbocycles. The first-order valence-corrected chi connectivity index (χ1v) is 9.33. The van der Waals surface area contributed by atoms with Crippen molar-refractivity contribution in [3.05, 3.63) is 75.4 Å². The lowest BCUT2D eigenvalue weighted by molar-refractivity contribution is -0.142. The minimum absolute atomic E-state index is 0.229. The third-order valence-electron chi connectivity index (χ3n) is 4.05. The highest BCUT2D eigenvalue weighted by molar-refractivity contribution is 9.10. The van der Waals surface area contributed by atoms with Crippen molar-refractivity contribution in [2.75, 3.05) is 7.11 Å². The predicted molar refractivity (Wildman–Crippen MR) is 108 cm³/mol. The molecule has 5 nitrogen and oxygen atoms in total. The zero-order valence-electron chi connectivity index (χ0n) is 14.4. The summed E-state index contributed by atoms with van der Waals surface area (Å²) >= 11 is 9.47. The van der Waals surface area contributed by atoms with E-state index in [0.29, 0.717) is 10.5 Å². The summed E-state index contributed by atoms with van der Waals surface area (Å²) in [6.45, 7) is 0. The minimum atomic E-state index is -0.870. The molecule has 0 fully saturated rings. The van der Waals surface area contributed by atoms with E-state index in [0.717, 1.165) is 15.4 Å². The molecule has 7 heteroatoms. The monoisotopic (exact) mass is 446 g/mol. The molecular formula is C20H16BrClN2O3. The zero-order chi connectivity index (χ0) is 19.4. The molecule has 0 bridgehead atoms. The largest absolute Gasteiger partial charge is 0.467 e. The molecule has 1 amide bonds. The van der Waals surface area contributed by atoms with E-state index in [9.17, 15) is 9.59 Å². The van der Waals surface area contributed by atoms with Crippen LogP contribution < -0.4 is 5.32 Å². The van der Waals surface area contributed by atoms with Crippen molar-refractivity contribution in [2.45, 2.75) is 12.5 Å². The Kier molecular flexibility index (Phi) is 6.08. The molecule has 3 aromatic rings. The normalized spacial score (nSPS) is 11.8. The number of amides is 1. The highest BCUT2D eigenvalue weighted by atomic mass is 79.9. The number of hydrogen-bond donors (Lipinski definition) is 1. The van der Waals surface area contributed by atoms with Gasteiger partial charge in [-0.2, -0.15) is 0 Å². The van der Waals surface area contributed by atoms with Crippen LogP contribution in [0.25, 0.3) is 10.9 Å². The van der Waals surface area contributed by atoms with E-state index in [1.807, 2.05) is 30.3 Å². The van der Waals surface area contributed by atoms with Crippen molar-refractivity contribution in [1.82, 2.24) is 10.3 Å². The first kappa shape index (κ1) is 19.3. The number of nitrogens with one attached hydrogen (secondary N) is 1. The van der Waals surface area contributed by atoms with Gasteiger partial charge in [0.2, 0.25) is 0 Å². The van der Waals surface area contributed by atoms with Crippen LogP contribution in [0.4, 0.5) is 0 Å². The van der Waals surface area contributed by atoms with Gasteiger partial charge in [0.05, 0.1) is 12.6 Å². The van der Waals surface area contributed by atoms with E-state index < -0.39 is 17.9 Å². The maximum Gasteiger partial charge on any atom is 0.328 e. The maximum absolute atomic E-state index is 12.6. The number of halogens is 2. The van der Waals surface area contributed by atoms with Crippen molar-refractivity contribution in [2.24, 2.45) is 0 Å². The molecule has 2 aromatic carbocycles. The van der Waals surface area contributed by atoms with Crippen LogP contribution in [0.5, 0.6) is 0 Å². The number of carbonyl (C=O) groups is 2. The maximum atomic E-state index is 12.6. The summed E-state index contributed by atoms with van der Waals surface area (Å²) in [5.74, 6) is -0.995. The molecule has 0 aliphatic heterocycles. The van der Waals surface area contributed by atoms with Gasteiger partial charge < -0.3 is 10.1 Å². The number of carbonyl (C=O) groups excluding carboxylic acids is 2. The Balaban J connectivity index is 1.83. The molecule has 1 aromatic heterocycles. The smallest absolute Gasteiger partial charge is 0.328 e. The van der Waals surface area contributed by atoms with Gasteiger partial charge >= 0.3 is 5.97 Å². The van der Waals surface area contributed by atoms with E-state index in [4.69, 9.17) is 16.3 Å². The molecule has 1 N–H and O–H groups in total. The van der Waals surface area contributed by atoms with Crippen LogP contribution >= 0.6 is 27.5 Å². The second-order valence-corrected chi connectivity index (χ2v) is 7.17. The molecule has 3 rings (SSSR count). The average molecular weight is 448 g/mol. The van der Waals surface area contributed by atoms with Crippen LogP contribution in [0.15, 0.2) is 59.1 Å². The Morgan fingerprint density at radius 2 is 1.96 bits per heavy atom. The minimum Gasteiger partial charge on any atom is -0.467 e. The fourth-order valence-electron chi connectivity index (χ4n) is 2.68. The Morgan fingerprint density at radius 3 is 2.74 bits per heavy atom. The summed E-state index contributed by atoms with van der Waals surface area (Å²) in [5.41, 5.74) is 1.72. The van der Waals surface area contributed by atoms with Crippen LogP contribution in [-0.2, 0) is 16.0 Å². The standard InChI is InChI=1S/C20H16BrClN2O3/c1-27-20(26)18(11-13-10-14(22)7-8-15(13)21)24-19(25)17-9-6-12-4-2-3-5-16(12)23-17/h2-10,18H,11H2,1H3,(H,24,25)/t18-/m0/s1. The van der Waals surface area contributed by atoms with Crippen molar-refractivity contribution in [3.8, 4) is 0 Å². The molecular weight excluding hydrogens is 432 g/mol. The number of aromatic nitrogens is 1. The van der Waals surface area contributed by atoms with Gasteiger partial charge in [-0.05, 0) is 35.9 Å². The van der Waals surface area contributed by atoms with E-state index in [1.165, 1.54) is 7.11 Å². The number of ether oxygens (including phenoxy) is 1. The molecule has 1 heterocycles. The Labute approximate surface area is 169 Å². The number of benzene rings is 2. The van der Waals surface area contributed by atoms with E-state index in [-0.39, 0.29) is 12.1 Å². The summed E-state index contributed by atoms with van der Waals surface area (Å²) < 4.78 is 5.63. The fourth-order valence-corrected chi connectivity index (χ4v) is 3.28. The van der Waals surface area contributed by atoms with Gasteiger partial charge in [-0.3, -0.25) is 4.79 Å². The molecule has 0 spiro atoms. The summed E-state index contributed by atoms with van der Waals surface area (Å²) in [6, 6.07) is 15.3. The van der Waals surface area contributed by atoms with Gasteiger partial charge in [0.1, 0.15) is 11.7 Å². The second kappa shape index (κ2) is 8.50. The topological polar surface area (TPSA) is 68.3 Å². The lowest BCUT2D eigenvalue weighted by Crippen LogP contribution is -2.43. The quantitative estimate of drug-likeness (QED) is 0.596. The van der Waals surface area contributed by atoms with Crippen molar-refractivity contribution >= 4 is 50.3 Å². The number of hydrogen-bond acceptors (Lipinski definition) is 4. The Hall–Kier alpha value is -2.44. The molecule has 27 heavy (non-hydrogen) atoms. The molecule has 138 valence electrons.